The number of nitrogens with zero attached hydrogens (tertiary/aromatic N) is 3. The molecule has 1 saturated heterocycles. The van der Waals surface area contributed by atoms with Gasteiger partial charge in [0.2, 0.25) is 15.9 Å². The standard InChI is InChI=1S/C21H27FN4O3S/c1-3-25(4-2)20-12-7-16(14-23-20)15-24-21(27)19-6-5-13-26(19)30(28,29)18-10-8-17(22)9-11-18/h7-12,14,19H,3-6,13,15H2,1-2H3,(H,24,27). The number of aromatic nitrogens is 1. The first-order valence-electron chi connectivity index (χ1n) is 10.1. The highest BCUT2D eigenvalue weighted by atomic mass is 32.2. The molecule has 1 amide bonds. The van der Waals surface area contributed by atoms with E-state index in [1.165, 1.54) is 16.4 Å². The van der Waals surface area contributed by atoms with Crippen molar-refractivity contribution >= 4 is 21.7 Å². The minimum absolute atomic E-state index is 0.0141. The maximum atomic E-state index is 13.1. The molecule has 7 nitrogen and oxygen atoms in total. The average molecular weight is 435 g/mol. The van der Waals surface area contributed by atoms with Crippen LogP contribution in [0, 0.1) is 5.82 Å². The van der Waals surface area contributed by atoms with E-state index in [1.54, 1.807) is 6.20 Å². The average Bonchev–Trinajstić information content (AvgIpc) is 3.25. The molecular formula is C21H27FN4O3S. The van der Waals surface area contributed by atoms with Crippen LogP contribution in [0.2, 0.25) is 0 Å². The number of benzene rings is 1. The van der Waals surface area contributed by atoms with Gasteiger partial charge in [0.15, 0.2) is 0 Å². The predicted octanol–water partition coefficient (Wildman–Crippen LogP) is 2.54. The molecule has 1 aromatic carbocycles. The van der Waals surface area contributed by atoms with E-state index in [-0.39, 0.29) is 23.9 Å². The van der Waals surface area contributed by atoms with E-state index in [0.717, 1.165) is 36.6 Å². The number of hydrogen-bond acceptors (Lipinski definition) is 5. The number of anilines is 1. The van der Waals surface area contributed by atoms with Crippen molar-refractivity contribution in [3.63, 3.8) is 0 Å². The van der Waals surface area contributed by atoms with Gasteiger partial charge < -0.3 is 10.2 Å². The number of halogens is 1. The number of pyridine rings is 1. The van der Waals surface area contributed by atoms with Crippen molar-refractivity contribution in [1.82, 2.24) is 14.6 Å². The molecule has 0 bridgehead atoms. The van der Waals surface area contributed by atoms with Crippen LogP contribution in [0.5, 0.6) is 0 Å². The lowest BCUT2D eigenvalue weighted by Crippen LogP contribution is -2.45. The summed E-state index contributed by atoms with van der Waals surface area (Å²) in [5.74, 6) is 0.0266. The second-order valence-electron chi connectivity index (χ2n) is 7.14. The highest BCUT2D eigenvalue weighted by Gasteiger charge is 2.39. The van der Waals surface area contributed by atoms with E-state index in [1.807, 2.05) is 12.1 Å². The Morgan fingerprint density at radius 3 is 2.50 bits per heavy atom. The Hall–Kier alpha value is -2.52. The highest BCUT2D eigenvalue weighted by molar-refractivity contribution is 7.89. The van der Waals surface area contributed by atoms with Crippen molar-refractivity contribution in [2.45, 2.75) is 44.2 Å². The molecule has 0 aliphatic carbocycles. The minimum atomic E-state index is -3.87. The van der Waals surface area contributed by atoms with Crippen molar-refractivity contribution in [2.75, 3.05) is 24.5 Å². The van der Waals surface area contributed by atoms with Gasteiger partial charge in [-0.1, -0.05) is 6.07 Å². The Kier molecular flexibility index (Phi) is 7.04. The molecule has 1 aliphatic heterocycles. The number of rotatable bonds is 8. The van der Waals surface area contributed by atoms with Crippen LogP contribution in [0.25, 0.3) is 0 Å². The molecule has 1 fully saturated rings. The smallest absolute Gasteiger partial charge is 0.243 e. The molecular weight excluding hydrogens is 407 g/mol. The van der Waals surface area contributed by atoms with Gasteiger partial charge in [-0.3, -0.25) is 4.79 Å². The first-order chi connectivity index (χ1) is 14.4. The molecule has 9 heteroatoms. The molecule has 30 heavy (non-hydrogen) atoms. The van der Waals surface area contributed by atoms with Crippen LogP contribution in [0.3, 0.4) is 0 Å². The van der Waals surface area contributed by atoms with Gasteiger partial charge in [-0.15, -0.1) is 0 Å². The molecule has 2 aromatic rings. The van der Waals surface area contributed by atoms with E-state index < -0.39 is 21.9 Å². The molecule has 1 aromatic heterocycles. The summed E-state index contributed by atoms with van der Waals surface area (Å²) in [6.07, 6.45) is 2.76. The number of amides is 1. The minimum Gasteiger partial charge on any atom is -0.357 e. The predicted molar refractivity (Wildman–Crippen MR) is 113 cm³/mol. The normalized spacial score (nSPS) is 17.1. The summed E-state index contributed by atoms with van der Waals surface area (Å²) in [6.45, 7) is 6.38. The Balaban J connectivity index is 1.65. The Labute approximate surface area is 177 Å². The maximum Gasteiger partial charge on any atom is 0.243 e. The zero-order chi connectivity index (χ0) is 21.7. The monoisotopic (exact) mass is 434 g/mol. The van der Waals surface area contributed by atoms with Gasteiger partial charge in [0.25, 0.3) is 0 Å². The van der Waals surface area contributed by atoms with E-state index in [2.05, 4.69) is 29.0 Å². The van der Waals surface area contributed by atoms with Crippen LogP contribution in [-0.2, 0) is 21.4 Å². The second-order valence-corrected chi connectivity index (χ2v) is 9.03. The van der Waals surface area contributed by atoms with Crippen LogP contribution in [0.1, 0.15) is 32.3 Å². The zero-order valence-corrected chi connectivity index (χ0v) is 18.0. The Morgan fingerprint density at radius 1 is 1.20 bits per heavy atom. The maximum absolute atomic E-state index is 13.1. The van der Waals surface area contributed by atoms with Gasteiger partial charge in [0.05, 0.1) is 4.90 Å². The van der Waals surface area contributed by atoms with Crippen molar-refractivity contribution in [2.24, 2.45) is 0 Å². The van der Waals surface area contributed by atoms with Crippen LogP contribution >= 0.6 is 0 Å². The number of nitrogens with one attached hydrogen (secondary N) is 1. The summed E-state index contributed by atoms with van der Waals surface area (Å²) in [5, 5.41) is 2.82. The number of hydrogen-bond donors (Lipinski definition) is 1. The summed E-state index contributed by atoms with van der Waals surface area (Å²) < 4.78 is 40.2. The highest BCUT2D eigenvalue weighted by Crippen LogP contribution is 2.26. The Bertz CT molecular complexity index is 961. The van der Waals surface area contributed by atoms with Gasteiger partial charge in [-0.2, -0.15) is 4.31 Å². The third kappa shape index (κ3) is 4.79. The van der Waals surface area contributed by atoms with Crippen LogP contribution < -0.4 is 10.2 Å². The van der Waals surface area contributed by atoms with E-state index >= 15 is 0 Å². The van der Waals surface area contributed by atoms with Gasteiger partial charge >= 0.3 is 0 Å². The van der Waals surface area contributed by atoms with E-state index in [4.69, 9.17) is 0 Å². The SMILES string of the molecule is CCN(CC)c1ccc(CNC(=O)C2CCCN2S(=O)(=O)c2ccc(F)cc2)cn1. The molecule has 162 valence electrons. The first kappa shape index (κ1) is 22.2. The largest absolute Gasteiger partial charge is 0.357 e. The van der Waals surface area contributed by atoms with E-state index in [9.17, 15) is 17.6 Å². The van der Waals surface area contributed by atoms with Crippen molar-refractivity contribution in [3.8, 4) is 0 Å². The number of carbonyl (C=O) groups is 1. The molecule has 1 aliphatic rings. The lowest BCUT2D eigenvalue weighted by Gasteiger charge is -2.23. The number of sulfonamides is 1. The topological polar surface area (TPSA) is 82.6 Å². The zero-order valence-electron chi connectivity index (χ0n) is 17.2. The molecule has 3 rings (SSSR count). The first-order valence-corrected chi connectivity index (χ1v) is 11.6. The summed E-state index contributed by atoms with van der Waals surface area (Å²) in [5.41, 5.74) is 0.838. The van der Waals surface area contributed by atoms with Crippen LogP contribution in [-0.4, -0.2) is 49.3 Å². The quantitative estimate of drug-likeness (QED) is 0.690. The van der Waals surface area contributed by atoms with Crippen molar-refractivity contribution < 1.29 is 17.6 Å². The summed E-state index contributed by atoms with van der Waals surface area (Å²) in [7, 11) is -3.87. The molecule has 0 saturated carbocycles. The third-order valence-electron chi connectivity index (χ3n) is 5.29. The van der Waals surface area contributed by atoms with Crippen LogP contribution in [0.15, 0.2) is 47.5 Å². The van der Waals surface area contributed by atoms with Crippen molar-refractivity contribution in [1.29, 1.82) is 0 Å². The molecule has 1 atom stereocenters. The summed E-state index contributed by atoms with van der Waals surface area (Å²) >= 11 is 0. The Morgan fingerprint density at radius 2 is 1.90 bits per heavy atom. The summed E-state index contributed by atoms with van der Waals surface area (Å²) in [4.78, 5) is 19.3. The van der Waals surface area contributed by atoms with Gasteiger partial charge in [-0.05, 0) is 62.6 Å². The van der Waals surface area contributed by atoms with E-state index in [0.29, 0.717) is 12.8 Å². The molecule has 2 heterocycles. The van der Waals surface area contributed by atoms with Gasteiger partial charge in [-0.25, -0.2) is 17.8 Å². The number of carbonyl (C=O) groups excluding carboxylic acids is 1. The second kappa shape index (κ2) is 9.53. The fourth-order valence-corrected chi connectivity index (χ4v) is 5.25. The lowest BCUT2D eigenvalue weighted by atomic mass is 10.2. The molecule has 1 unspecified atom stereocenters. The lowest BCUT2D eigenvalue weighted by molar-refractivity contribution is -0.124. The van der Waals surface area contributed by atoms with Gasteiger partial charge in [0.1, 0.15) is 17.7 Å². The third-order valence-corrected chi connectivity index (χ3v) is 7.21. The molecule has 0 radical (unpaired) electrons. The van der Waals surface area contributed by atoms with Crippen LogP contribution in [0.4, 0.5) is 10.2 Å². The molecule has 0 spiro atoms. The van der Waals surface area contributed by atoms with Crippen molar-refractivity contribution in [3.05, 3.63) is 54.0 Å². The fraction of sp³-hybridized carbons (Fsp3) is 0.429. The summed E-state index contributed by atoms with van der Waals surface area (Å²) in [6, 6.07) is 7.70. The van der Waals surface area contributed by atoms with Gasteiger partial charge in [0, 0.05) is 32.4 Å². The fourth-order valence-electron chi connectivity index (χ4n) is 3.59. The molecule has 1 N–H and O–H groups in total.